The van der Waals surface area contributed by atoms with Crippen molar-refractivity contribution in [1.82, 2.24) is 10.2 Å². The van der Waals surface area contributed by atoms with Crippen LogP contribution < -0.4 is 10.5 Å². The van der Waals surface area contributed by atoms with E-state index in [0.29, 0.717) is 11.3 Å². The molecule has 1 aromatic carbocycles. The lowest BCUT2D eigenvalue weighted by atomic mass is 9.77. The summed E-state index contributed by atoms with van der Waals surface area (Å²) in [5, 5.41) is 7.96. The summed E-state index contributed by atoms with van der Waals surface area (Å²) < 4.78 is 31.9. The molecular formula is C14H10Cl3F2N3O. The molecule has 0 atom stereocenters. The molecule has 0 radical (unpaired) electrons. The Labute approximate surface area is 145 Å². The van der Waals surface area contributed by atoms with E-state index in [1.165, 1.54) is 18.2 Å². The highest BCUT2D eigenvalue weighted by Crippen LogP contribution is 2.51. The molecule has 1 fully saturated rings. The Morgan fingerprint density at radius 3 is 2.26 bits per heavy atom. The summed E-state index contributed by atoms with van der Waals surface area (Å²) in [6, 6.07) is 4.38. The second-order valence-corrected chi connectivity index (χ2v) is 6.51. The van der Waals surface area contributed by atoms with Gasteiger partial charge in [-0.3, -0.25) is 0 Å². The van der Waals surface area contributed by atoms with Crippen molar-refractivity contribution in [3.8, 4) is 11.6 Å². The van der Waals surface area contributed by atoms with Crippen molar-refractivity contribution in [3.63, 3.8) is 0 Å². The topological polar surface area (TPSA) is 61.0 Å². The van der Waals surface area contributed by atoms with E-state index in [9.17, 15) is 8.78 Å². The Bertz CT molecular complexity index is 742. The lowest BCUT2D eigenvalue weighted by molar-refractivity contribution is -0.0871. The molecule has 0 amide bonds. The second kappa shape index (κ2) is 5.92. The van der Waals surface area contributed by atoms with Crippen molar-refractivity contribution in [3.05, 3.63) is 39.0 Å². The average Bonchev–Trinajstić information content (AvgIpc) is 2.41. The molecule has 0 bridgehead atoms. The first-order valence-corrected chi connectivity index (χ1v) is 7.72. The first-order valence-electron chi connectivity index (χ1n) is 6.58. The number of halogens is 5. The van der Waals surface area contributed by atoms with Gasteiger partial charge in [0, 0.05) is 30.0 Å². The van der Waals surface area contributed by atoms with Crippen LogP contribution in [0.1, 0.15) is 24.3 Å². The molecule has 122 valence electrons. The summed E-state index contributed by atoms with van der Waals surface area (Å²) in [6.45, 7) is 0. The van der Waals surface area contributed by atoms with Gasteiger partial charge in [0.2, 0.25) is 11.8 Å². The van der Waals surface area contributed by atoms with Crippen LogP contribution in [0.3, 0.4) is 0 Å². The minimum atomic E-state index is -2.69. The standard InChI is InChI=1S/C14H10Cl3F2N3O/c15-9-1-7(20)2-10(16)12(9)23-13-8(3-11(17)21-22-13)6-4-14(18,19)5-6/h1-3,6H,4-5,20H2. The van der Waals surface area contributed by atoms with Gasteiger partial charge in [-0.1, -0.05) is 34.8 Å². The number of nitrogen functional groups attached to an aromatic ring is 1. The maximum absolute atomic E-state index is 13.1. The zero-order valence-corrected chi connectivity index (χ0v) is 13.8. The van der Waals surface area contributed by atoms with Gasteiger partial charge < -0.3 is 10.5 Å². The van der Waals surface area contributed by atoms with Crippen molar-refractivity contribution in [2.45, 2.75) is 24.7 Å². The summed E-state index contributed by atoms with van der Waals surface area (Å²) in [5.74, 6) is -2.93. The Morgan fingerprint density at radius 1 is 1.09 bits per heavy atom. The number of ether oxygens (including phenoxy) is 1. The lowest BCUT2D eigenvalue weighted by Gasteiger charge is -2.35. The second-order valence-electron chi connectivity index (χ2n) is 5.30. The normalized spacial score (nSPS) is 16.9. The summed E-state index contributed by atoms with van der Waals surface area (Å²) in [5.41, 5.74) is 6.44. The molecule has 1 heterocycles. The van der Waals surface area contributed by atoms with Crippen molar-refractivity contribution in [2.75, 3.05) is 5.73 Å². The van der Waals surface area contributed by atoms with Gasteiger partial charge in [0.25, 0.3) is 0 Å². The van der Waals surface area contributed by atoms with Crippen LogP contribution in [-0.4, -0.2) is 16.1 Å². The monoisotopic (exact) mass is 379 g/mol. The number of hydrogen-bond acceptors (Lipinski definition) is 4. The molecule has 2 aromatic rings. The number of alkyl halides is 2. The molecular weight excluding hydrogens is 371 g/mol. The number of hydrogen-bond donors (Lipinski definition) is 1. The number of nitrogens with zero attached hydrogens (tertiary/aromatic N) is 2. The number of aromatic nitrogens is 2. The highest BCUT2D eigenvalue weighted by molar-refractivity contribution is 6.37. The van der Waals surface area contributed by atoms with Crippen molar-refractivity contribution in [2.24, 2.45) is 0 Å². The van der Waals surface area contributed by atoms with Gasteiger partial charge in [0.1, 0.15) is 0 Å². The SMILES string of the molecule is Nc1cc(Cl)c(Oc2nnc(Cl)cc2C2CC(F)(F)C2)c(Cl)c1. The summed E-state index contributed by atoms with van der Waals surface area (Å²) in [6.07, 6.45) is -0.594. The smallest absolute Gasteiger partial charge is 0.249 e. The van der Waals surface area contributed by atoms with Crippen LogP contribution >= 0.6 is 34.8 Å². The van der Waals surface area contributed by atoms with E-state index in [1.807, 2.05) is 0 Å². The van der Waals surface area contributed by atoms with Crippen LogP contribution in [0.5, 0.6) is 11.6 Å². The Kier molecular flexibility index (Phi) is 4.25. The molecule has 3 rings (SSSR count). The van der Waals surface area contributed by atoms with Gasteiger partial charge in [0.15, 0.2) is 10.9 Å². The van der Waals surface area contributed by atoms with E-state index >= 15 is 0 Å². The third-order valence-electron chi connectivity index (χ3n) is 3.51. The highest BCUT2D eigenvalue weighted by atomic mass is 35.5. The Balaban J connectivity index is 1.95. The number of rotatable bonds is 3. The van der Waals surface area contributed by atoms with Crippen molar-refractivity contribution in [1.29, 1.82) is 0 Å². The molecule has 4 nitrogen and oxygen atoms in total. The van der Waals surface area contributed by atoms with E-state index in [-0.39, 0.29) is 39.7 Å². The first kappa shape index (κ1) is 16.5. The van der Waals surface area contributed by atoms with Gasteiger partial charge in [-0.2, -0.15) is 0 Å². The minimum absolute atomic E-state index is 0.0449. The van der Waals surface area contributed by atoms with Crippen LogP contribution in [0.15, 0.2) is 18.2 Å². The fraction of sp³-hybridized carbons (Fsp3) is 0.286. The molecule has 0 spiro atoms. The van der Waals surface area contributed by atoms with E-state index in [0.717, 1.165) is 0 Å². The minimum Gasteiger partial charge on any atom is -0.434 e. The number of anilines is 1. The zero-order chi connectivity index (χ0) is 16.8. The van der Waals surface area contributed by atoms with Gasteiger partial charge in [-0.05, 0) is 18.2 Å². The summed E-state index contributed by atoms with van der Waals surface area (Å²) in [4.78, 5) is 0. The maximum Gasteiger partial charge on any atom is 0.249 e. The predicted octanol–water partition coefficient (Wildman–Crippen LogP) is 5.32. The van der Waals surface area contributed by atoms with Crippen LogP contribution in [-0.2, 0) is 0 Å². The highest BCUT2D eigenvalue weighted by Gasteiger charge is 2.47. The predicted molar refractivity (Wildman–Crippen MR) is 84.9 cm³/mol. The Hall–Kier alpha value is -1.37. The molecule has 23 heavy (non-hydrogen) atoms. The van der Waals surface area contributed by atoms with Crippen LogP contribution in [0.25, 0.3) is 0 Å². The maximum atomic E-state index is 13.1. The average molecular weight is 381 g/mol. The summed E-state index contributed by atoms with van der Waals surface area (Å²) in [7, 11) is 0. The number of nitrogens with two attached hydrogens (primary N) is 1. The molecule has 1 saturated carbocycles. The van der Waals surface area contributed by atoms with E-state index in [4.69, 9.17) is 45.3 Å². The van der Waals surface area contributed by atoms with Crippen molar-refractivity contribution >= 4 is 40.5 Å². The van der Waals surface area contributed by atoms with Crippen molar-refractivity contribution < 1.29 is 13.5 Å². The molecule has 1 aromatic heterocycles. The molecule has 0 aliphatic heterocycles. The molecule has 1 aliphatic carbocycles. The fourth-order valence-electron chi connectivity index (χ4n) is 2.40. The van der Waals surface area contributed by atoms with Crippen LogP contribution in [0.2, 0.25) is 15.2 Å². The fourth-order valence-corrected chi connectivity index (χ4v) is 3.13. The number of benzene rings is 1. The third kappa shape index (κ3) is 3.44. The molecule has 0 saturated heterocycles. The van der Waals surface area contributed by atoms with Crippen LogP contribution in [0, 0.1) is 0 Å². The zero-order valence-electron chi connectivity index (χ0n) is 11.5. The van der Waals surface area contributed by atoms with Gasteiger partial charge in [-0.15, -0.1) is 10.2 Å². The summed E-state index contributed by atoms with van der Waals surface area (Å²) >= 11 is 17.9. The van der Waals surface area contributed by atoms with Gasteiger partial charge >= 0.3 is 0 Å². The quantitative estimate of drug-likeness (QED) is 0.732. The molecule has 2 N–H and O–H groups in total. The lowest BCUT2D eigenvalue weighted by Crippen LogP contribution is -2.34. The van der Waals surface area contributed by atoms with Crippen LogP contribution in [0.4, 0.5) is 14.5 Å². The van der Waals surface area contributed by atoms with E-state index < -0.39 is 11.8 Å². The van der Waals surface area contributed by atoms with Gasteiger partial charge in [-0.25, -0.2) is 8.78 Å². The Morgan fingerprint density at radius 2 is 1.70 bits per heavy atom. The molecule has 9 heteroatoms. The van der Waals surface area contributed by atoms with E-state index in [2.05, 4.69) is 10.2 Å². The van der Waals surface area contributed by atoms with Gasteiger partial charge in [0.05, 0.1) is 10.0 Å². The molecule has 0 unspecified atom stereocenters. The first-order chi connectivity index (χ1) is 10.7. The van der Waals surface area contributed by atoms with E-state index in [1.54, 1.807) is 0 Å². The molecule has 1 aliphatic rings. The third-order valence-corrected chi connectivity index (χ3v) is 4.25. The largest absolute Gasteiger partial charge is 0.434 e.